The van der Waals surface area contributed by atoms with Gasteiger partial charge in [0.05, 0.1) is 0 Å². The maximum atomic E-state index is 4.19. The van der Waals surface area contributed by atoms with E-state index in [1.165, 1.54) is 16.7 Å². The maximum absolute atomic E-state index is 4.19. The molecule has 96 valence electrons. The van der Waals surface area contributed by atoms with Crippen molar-refractivity contribution in [1.29, 1.82) is 0 Å². The SMILES string of the molecule is C1=C(c2cccnc2)CCN(Cc2ccccc2)C1. The van der Waals surface area contributed by atoms with Crippen LogP contribution in [0.5, 0.6) is 0 Å². The van der Waals surface area contributed by atoms with E-state index in [0.29, 0.717) is 0 Å². The highest BCUT2D eigenvalue weighted by Crippen LogP contribution is 2.22. The monoisotopic (exact) mass is 250 g/mol. The van der Waals surface area contributed by atoms with Gasteiger partial charge < -0.3 is 0 Å². The van der Waals surface area contributed by atoms with Crippen LogP contribution in [0.4, 0.5) is 0 Å². The Labute approximate surface area is 114 Å². The molecule has 0 N–H and O–H groups in total. The summed E-state index contributed by atoms with van der Waals surface area (Å²) < 4.78 is 0. The number of benzene rings is 1. The summed E-state index contributed by atoms with van der Waals surface area (Å²) in [7, 11) is 0. The highest BCUT2D eigenvalue weighted by atomic mass is 15.1. The van der Waals surface area contributed by atoms with Crippen LogP contribution in [0.1, 0.15) is 17.5 Å². The van der Waals surface area contributed by atoms with Crippen LogP contribution in [0.2, 0.25) is 0 Å². The second kappa shape index (κ2) is 5.81. The van der Waals surface area contributed by atoms with Crippen LogP contribution in [0.15, 0.2) is 60.9 Å². The summed E-state index contributed by atoms with van der Waals surface area (Å²) in [5.74, 6) is 0. The molecule has 0 radical (unpaired) electrons. The standard InChI is InChI=1S/C17H18N2/c1-2-5-15(6-3-1)14-19-11-8-16(9-12-19)17-7-4-10-18-13-17/h1-8,10,13H,9,11-12,14H2. The first kappa shape index (κ1) is 12.1. The molecule has 1 aromatic heterocycles. The normalized spacial score (nSPS) is 16.1. The van der Waals surface area contributed by atoms with E-state index in [-0.39, 0.29) is 0 Å². The molecule has 2 heteroatoms. The summed E-state index contributed by atoms with van der Waals surface area (Å²) in [6.45, 7) is 3.19. The molecule has 1 aliphatic rings. The van der Waals surface area contributed by atoms with Crippen molar-refractivity contribution in [2.75, 3.05) is 13.1 Å². The van der Waals surface area contributed by atoms with Crippen LogP contribution in [-0.2, 0) is 6.54 Å². The molecule has 0 unspecified atom stereocenters. The van der Waals surface area contributed by atoms with Gasteiger partial charge in [0.25, 0.3) is 0 Å². The molecule has 1 aromatic carbocycles. The van der Waals surface area contributed by atoms with Gasteiger partial charge in [-0.25, -0.2) is 0 Å². The predicted molar refractivity (Wildman–Crippen MR) is 78.6 cm³/mol. The number of hydrogen-bond donors (Lipinski definition) is 0. The zero-order valence-electron chi connectivity index (χ0n) is 11.0. The van der Waals surface area contributed by atoms with Crippen LogP contribution in [-0.4, -0.2) is 23.0 Å². The summed E-state index contributed by atoms with van der Waals surface area (Å²) in [6.07, 6.45) is 7.23. The lowest BCUT2D eigenvalue weighted by Crippen LogP contribution is -2.27. The molecule has 0 amide bonds. The van der Waals surface area contributed by atoms with Crippen molar-refractivity contribution in [1.82, 2.24) is 9.88 Å². The third-order valence-electron chi connectivity index (χ3n) is 3.57. The Kier molecular flexibility index (Phi) is 3.70. The van der Waals surface area contributed by atoms with E-state index >= 15 is 0 Å². The summed E-state index contributed by atoms with van der Waals surface area (Å²) in [5.41, 5.74) is 4.08. The molecule has 2 heterocycles. The number of rotatable bonds is 3. The van der Waals surface area contributed by atoms with Gasteiger partial charge in [-0.2, -0.15) is 0 Å². The third-order valence-corrected chi connectivity index (χ3v) is 3.57. The van der Waals surface area contributed by atoms with E-state index in [9.17, 15) is 0 Å². The zero-order valence-corrected chi connectivity index (χ0v) is 11.0. The average Bonchev–Trinajstić information content (AvgIpc) is 2.50. The van der Waals surface area contributed by atoms with Gasteiger partial charge in [0.2, 0.25) is 0 Å². The first-order valence-corrected chi connectivity index (χ1v) is 6.77. The lowest BCUT2D eigenvalue weighted by molar-refractivity contribution is 0.294. The van der Waals surface area contributed by atoms with E-state index in [0.717, 1.165) is 26.1 Å². The van der Waals surface area contributed by atoms with Crippen LogP contribution in [0.25, 0.3) is 5.57 Å². The minimum absolute atomic E-state index is 1.03. The van der Waals surface area contributed by atoms with Crippen LogP contribution in [0, 0.1) is 0 Å². The highest BCUT2D eigenvalue weighted by Gasteiger charge is 2.12. The van der Waals surface area contributed by atoms with E-state index < -0.39 is 0 Å². The van der Waals surface area contributed by atoms with Crippen LogP contribution >= 0.6 is 0 Å². The Morgan fingerprint density at radius 2 is 1.95 bits per heavy atom. The lowest BCUT2D eigenvalue weighted by atomic mass is 10.0. The number of nitrogens with zero attached hydrogens (tertiary/aromatic N) is 2. The van der Waals surface area contributed by atoms with Crippen molar-refractivity contribution in [3.63, 3.8) is 0 Å². The van der Waals surface area contributed by atoms with Gasteiger partial charge in [0.1, 0.15) is 0 Å². The van der Waals surface area contributed by atoms with Gasteiger partial charge in [-0.05, 0) is 29.2 Å². The average molecular weight is 250 g/mol. The van der Waals surface area contributed by atoms with Crippen molar-refractivity contribution < 1.29 is 0 Å². The fraction of sp³-hybridized carbons (Fsp3) is 0.235. The molecule has 0 saturated carbocycles. The van der Waals surface area contributed by atoms with Gasteiger partial charge in [-0.3, -0.25) is 9.88 Å². The summed E-state index contributed by atoms with van der Waals surface area (Å²) >= 11 is 0. The van der Waals surface area contributed by atoms with Crippen LogP contribution in [0.3, 0.4) is 0 Å². The quantitative estimate of drug-likeness (QED) is 0.830. The van der Waals surface area contributed by atoms with Crippen molar-refractivity contribution in [3.8, 4) is 0 Å². The molecule has 2 nitrogen and oxygen atoms in total. The summed E-state index contributed by atoms with van der Waals surface area (Å²) in [4.78, 5) is 6.67. The maximum Gasteiger partial charge on any atom is 0.0342 e. The Hall–Kier alpha value is -1.93. The molecule has 0 saturated heterocycles. The van der Waals surface area contributed by atoms with E-state index in [2.05, 4.69) is 52.4 Å². The summed E-state index contributed by atoms with van der Waals surface area (Å²) in [5, 5.41) is 0. The third kappa shape index (κ3) is 3.09. The van der Waals surface area contributed by atoms with Crippen molar-refractivity contribution in [3.05, 3.63) is 72.1 Å². The first-order valence-electron chi connectivity index (χ1n) is 6.77. The predicted octanol–water partition coefficient (Wildman–Crippen LogP) is 3.37. The lowest BCUT2D eigenvalue weighted by Gasteiger charge is -2.26. The topological polar surface area (TPSA) is 16.1 Å². The number of aromatic nitrogens is 1. The van der Waals surface area contributed by atoms with Gasteiger partial charge >= 0.3 is 0 Å². The number of hydrogen-bond acceptors (Lipinski definition) is 2. The number of pyridine rings is 1. The molecule has 2 aromatic rings. The van der Waals surface area contributed by atoms with Crippen molar-refractivity contribution in [2.24, 2.45) is 0 Å². The van der Waals surface area contributed by atoms with Gasteiger partial charge in [-0.15, -0.1) is 0 Å². The van der Waals surface area contributed by atoms with E-state index in [4.69, 9.17) is 0 Å². The van der Waals surface area contributed by atoms with E-state index in [1.54, 1.807) is 0 Å². The fourth-order valence-electron chi connectivity index (χ4n) is 2.51. The molecule has 0 spiro atoms. The summed E-state index contributed by atoms with van der Waals surface area (Å²) in [6, 6.07) is 14.8. The van der Waals surface area contributed by atoms with E-state index in [1.807, 2.05) is 18.5 Å². The Bertz CT molecular complexity index is 546. The Morgan fingerprint density at radius 1 is 1.05 bits per heavy atom. The molecule has 0 aliphatic carbocycles. The second-order valence-electron chi connectivity index (χ2n) is 4.94. The largest absolute Gasteiger partial charge is 0.295 e. The zero-order chi connectivity index (χ0) is 12.9. The van der Waals surface area contributed by atoms with Crippen LogP contribution < -0.4 is 0 Å². The minimum Gasteiger partial charge on any atom is -0.295 e. The molecular weight excluding hydrogens is 232 g/mol. The molecule has 0 bridgehead atoms. The Morgan fingerprint density at radius 3 is 2.63 bits per heavy atom. The molecule has 19 heavy (non-hydrogen) atoms. The van der Waals surface area contributed by atoms with Gasteiger partial charge in [0, 0.05) is 32.0 Å². The van der Waals surface area contributed by atoms with Gasteiger partial charge in [-0.1, -0.05) is 42.5 Å². The molecular formula is C17H18N2. The first-order chi connectivity index (χ1) is 9.42. The molecule has 3 rings (SSSR count). The molecule has 0 fully saturated rings. The van der Waals surface area contributed by atoms with Crippen molar-refractivity contribution >= 4 is 5.57 Å². The second-order valence-corrected chi connectivity index (χ2v) is 4.94. The minimum atomic E-state index is 1.03. The highest BCUT2D eigenvalue weighted by molar-refractivity contribution is 5.65. The van der Waals surface area contributed by atoms with Gasteiger partial charge in [0.15, 0.2) is 0 Å². The smallest absolute Gasteiger partial charge is 0.0342 e. The van der Waals surface area contributed by atoms with Crippen molar-refractivity contribution in [2.45, 2.75) is 13.0 Å². The molecule has 1 aliphatic heterocycles. The molecule has 0 atom stereocenters. The Balaban J connectivity index is 1.64. The fourth-order valence-corrected chi connectivity index (χ4v) is 2.51.